The van der Waals surface area contributed by atoms with Crippen LogP contribution in [0.3, 0.4) is 0 Å². The van der Waals surface area contributed by atoms with Crippen molar-refractivity contribution in [1.29, 1.82) is 0 Å². The molecule has 0 radical (unpaired) electrons. The molecule has 3 heterocycles. The summed E-state index contributed by atoms with van der Waals surface area (Å²) in [5, 5.41) is 0. The van der Waals surface area contributed by atoms with Gasteiger partial charge < -0.3 is 23.7 Å². The number of methoxy groups -OCH3 is 1. The monoisotopic (exact) mass is 387 g/mol. The fourth-order valence-electron chi connectivity index (χ4n) is 4.86. The summed E-state index contributed by atoms with van der Waals surface area (Å²) in [5.74, 6) is 0.699. The molecule has 4 atom stereocenters. The highest BCUT2D eigenvalue weighted by Gasteiger charge is 2.62. The van der Waals surface area contributed by atoms with Gasteiger partial charge in [-0.15, -0.1) is 0 Å². The molecule has 4 aliphatic rings. The van der Waals surface area contributed by atoms with Gasteiger partial charge in [0.25, 0.3) is 0 Å². The Kier molecular flexibility index (Phi) is 3.80. The molecule has 1 fully saturated rings. The molecule has 0 unspecified atom stereocenters. The Hall–Kier alpha value is -2.74. The fraction of sp³-hybridized carbons (Fsp3) is 0.500. The molecule has 1 aromatic rings. The molecule has 8 heteroatoms. The first kappa shape index (κ1) is 17.4. The minimum absolute atomic E-state index is 0.115. The Morgan fingerprint density at radius 3 is 2.86 bits per heavy atom. The number of carbonyl (C=O) groups is 2. The van der Waals surface area contributed by atoms with E-state index in [-0.39, 0.29) is 32.1 Å². The summed E-state index contributed by atoms with van der Waals surface area (Å²) in [6, 6.07) is 3.26. The smallest absolute Gasteiger partial charge is 0.410 e. The van der Waals surface area contributed by atoms with Gasteiger partial charge in [0.15, 0.2) is 11.5 Å². The summed E-state index contributed by atoms with van der Waals surface area (Å²) >= 11 is 0. The molecule has 1 saturated heterocycles. The number of likely N-dealkylation sites (tertiary alicyclic amines) is 1. The highest BCUT2D eigenvalue weighted by molar-refractivity contribution is 5.95. The molecule has 5 rings (SSSR count). The maximum atomic E-state index is 12.7. The van der Waals surface area contributed by atoms with Crippen molar-refractivity contribution in [2.75, 3.05) is 27.1 Å². The van der Waals surface area contributed by atoms with E-state index < -0.39 is 23.6 Å². The predicted octanol–water partition coefficient (Wildman–Crippen LogP) is 2.01. The third kappa shape index (κ3) is 2.21. The molecule has 3 aliphatic heterocycles. The number of fused-ring (bicyclic) bond motifs is 2. The Morgan fingerprint density at radius 1 is 1.32 bits per heavy atom. The molecule has 0 N–H and O–H groups in total. The van der Waals surface area contributed by atoms with E-state index in [2.05, 4.69) is 0 Å². The van der Waals surface area contributed by atoms with Crippen LogP contribution in [0.5, 0.6) is 11.5 Å². The summed E-state index contributed by atoms with van der Waals surface area (Å²) in [6.07, 6.45) is 3.52. The number of carbonyl (C=O) groups excluding carboxylic acids is 2. The lowest BCUT2D eigenvalue weighted by molar-refractivity contribution is 0.0118. The van der Waals surface area contributed by atoms with Crippen LogP contribution >= 0.6 is 0 Å². The Balaban J connectivity index is 1.68. The van der Waals surface area contributed by atoms with E-state index in [1.165, 1.54) is 0 Å². The maximum absolute atomic E-state index is 12.7. The molecule has 0 saturated carbocycles. The molecule has 1 amide bonds. The fourth-order valence-corrected chi connectivity index (χ4v) is 4.86. The molecule has 1 aliphatic carbocycles. The summed E-state index contributed by atoms with van der Waals surface area (Å²) < 4.78 is 27.6. The third-order valence-corrected chi connectivity index (χ3v) is 6.12. The van der Waals surface area contributed by atoms with E-state index in [1.54, 1.807) is 25.0 Å². The topological polar surface area (TPSA) is 83.5 Å². The van der Waals surface area contributed by atoms with E-state index in [0.29, 0.717) is 23.5 Å². The number of ether oxygens (including phenoxy) is 5. The molecule has 1 aromatic carbocycles. The number of nitrogens with zero attached hydrogens (tertiary/aromatic N) is 1. The zero-order valence-corrected chi connectivity index (χ0v) is 15.7. The molecule has 148 valence electrons. The molecule has 0 aromatic heterocycles. The van der Waals surface area contributed by atoms with E-state index >= 15 is 0 Å². The lowest BCUT2D eigenvalue weighted by atomic mass is 9.65. The van der Waals surface area contributed by atoms with E-state index in [0.717, 1.165) is 5.56 Å². The average Bonchev–Trinajstić information content (AvgIpc) is 3.29. The lowest BCUT2D eigenvalue weighted by Gasteiger charge is -2.44. The standard InChI is InChI=1S/C20H21NO7/c1-3-25-19(23)21-9-17-20(5-4-11(24-2)6-16(20)21)13-8-15-14(26-10-27-15)7-12(13)18(22)28-17/h4-5,7-8,11,16-17H,3,6,9-10H2,1-2H3/t11-,16-,17-,20-/m0/s1. The zero-order chi connectivity index (χ0) is 19.5. The highest BCUT2D eigenvalue weighted by atomic mass is 16.7. The number of hydrogen-bond donors (Lipinski definition) is 0. The summed E-state index contributed by atoms with van der Waals surface area (Å²) in [6.45, 7) is 2.43. The number of amides is 1. The number of rotatable bonds is 2. The van der Waals surface area contributed by atoms with E-state index in [1.807, 2.05) is 18.2 Å². The quantitative estimate of drug-likeness (QED) is 0.567. The Labute approximate surface area is 161 Å². The van der Waals surface area contributed by atoms with Gasteiger partial charge >= 0.3 is 12.1 Å². The van der Waals surface area contributed by atoms with Crippen LogP contribution in [-0.2, 0) is 19.6 Å². The highest BCUT2D eigenvalue weighted by Crippen LogP contribution is 2.53. The Morgan fingerprint density at radius 2 is 2.11 bits per heavy atom. The van der Waals surface area contributed by atoms with Crippen LogP contribution in [0, 0.1) is 0 Å². The molecular weight excluding hydrogens is 366 g/mol. The van der Waals surface area contributed by atoms with Crippen LogP contribution in [0.1, 0.15) is 29.3 Å². The average molecular weight is 387 g/mol. The largest absolute Gasteiger partial charge is 0.455 e. The van der Waals surface area contributed by atoms with Crippen LogP contribution in [0.4, 0.5) is 4.79 Å². The van der Waals surface area contributed by atoms with E-state index in [4.69, 9.17) is 23.7 Å². The second kappa shape index (κ2) is 6.13. The maximum Gasteiger partial charge on any atom is 0.410 e. The Bertz CT molecular complexity index is 882. The minimum atomic E-state index is -0.675. The number of esters is 1. The normalized spacial score (nSPS) is 31.7. The first-order valence-corrected chi connectivity index (χ1v) is 9.39. The van der Waals surface area contributed by atoms with Crippen molar-refractivity contribution in [3.63, 3.8) is 0 Å². The summed E-state index contributed by atoms with van der Waals surface area (Å²) in [7, 11) is 1.64. The van der Waals surface area contributed by atoms with E-state index in [9.17, 15) is 9.59 Å². The molecule has 8 nitrogen and oxygen atoms in total. The van der Waals surface area contributed by atoms with Crippen LogP contribution in [0.2, 0.25) is 0 Å². The van der Waals surface area contributed by atoms with Crippen LogP contribution in [0.25, 0.3) is 0 Å². The van der Waals surface area contributed by atoms with Gasteiger partial charge in [-0.25, -0.2) is 9.59 Å². The first-order valence-electron chi connectivity index (χ1n) is 9.39. The molecule has 28 heavy (non-hydrogen) atoms. The van der Waals surface area contributed by atoms with Crippen LogP contribution in [-0.4, -0.2) is 62.3 Å². The predicted molar refractivity (Wildman–Crippen MR) is 95.5 cm³/mol. The van der Waals surface area contributed by atoms with Crippen molar-refractivity contribution in [3.05, 3.63) is 35.4 Å². The van der Waals surface area contributed by atoms with Crippen LogP contribution < -0.4 is 9.47 Å². The molecule has 1 spiro atoms. The van der Waals surface area contributed by atoms with Crippen molar-refractivity contribution in [2.24, 2.45) is 0 Å². The summed E-state index contributed by atoms with van der Waals surface area (Å²) in [5.41, 5.74) is 0.559. The lowest BCUT2D eigenvalue weighted by Crippen LogP contribution is -2.53. The van der Waals surface area contributed by atoms with Crippen molar-refractivity contribution in [2.45, 2.75) is 37.0 Å². The molecular formula is C20H21NO7. The number of hydrogen-bond acceptors (Lipinski definition) is 7. The van der Waals surface area contributed by atoms with Gasteiger partial charge in [-0.1, -0.05) is 12.2 Å². The van der Waals surface area contributed by atoms with Gasteiger partial charge in [0.2, 0.25) is 6.79 Å². The van der Waals surface area contributed by atoms with Crippen molar-refractivity contribution in [3.8, 4) is 11.5 Å². The van der Waals surface area contributed by atoms with Gasteiger partial charge in [0, 0.05) is 7.11 Å². The van der Waals surface area contributed by atoms with Gasteiger partial charge in [-0.2, -0.15) is 0 Å². The first-order chi connectivity index (χ1) is 13.6. The van der Waals surface area contributed by atoms with Crippen molar-refractivity contribution in [1.82, 2.24) is 4.90 Å². The zero-order valence-electron chi connectivity index (χ0n) is 15.7. The second-order valence-corrected chi connectivity index (χ2v) is 7.31. The van der Waals surface area contributed by atoms with Crippen LogP contribution in [0.15, 0.2) is 24.3 Å². The minimum Gasteiger partial charge on any atom is -0.455 e. The SMILES string of the molecule is CCOC(=O)N1C[C@@H]2OC(=O)c3cc4c(cc3[C@]23C=C[C@H](OC)C[C@H]13)OCO4. The van der Waals surface area contributed by atoms with Gasteiger partial charge in [-0.3, -0.25) is 4.90 Å². The second-order valence-electron chi connectivity index (χ2n) is 7.31. The van der Waals surface area contributed by atoms with Crippen molar-refractivity contribution >= 4 is 12.1 Å². The third-order valence-electron chi connectivity index (χ3n) is 6.12. The molecule has 0 bridgehead atoms. The van der Waals surface area contributed by atoms with Crippen molar-refractivity contribution < 1.29 is 33.3 Å². The van der Waals surface area contributed by atoms with Gasteiger partial charge in [-0.05, 0) is 31.0 Å². The summed E-state index contributed by atoms with van der Waals surface area (Å²) in [4.78, 5) is 27.1. The number of benzene rings is 1. The van der Waals surface area contributed by atoms with Gasteiger partial charge in [0.05, 0.1) is 36.3 Å². The van der Waals surface area contributed by atoms with Gasteiger partial charge in [0.1, 0.15) is 6.10 Å².